The molecule has 8 nitrogen and oxygen atoms in total. The molecule has 0 radical (unpaired) electrons. The van der Waals surface area contributed by atoms with Crippen LogP contribution in [0.4, 0.5) is 11.4 Å². The number of carbonyl (C=O) groups excluding carboxylic acids is 2. The number of benzene rings is 2. The third-order valence-corrected chi connectivity index (χ3v) is 4.49. The van der Waals surface area contributed by atoms with Crippen LogP contribution in [0.3, 0.4) is 0 Å². The number of morpholine rings is 1. The fourth-order valence-corrected chi connectivity index (χ4v) is 2.96. The minimum Gasteiger partial charge on any atom is -0.497 e. The van der Waals surface area contributed by atoms with Crippen LogP contribution >= 0.6 is 0 Å². The fourth-order valence-electron chi connectivity index (χ4n) is 2.96. The number of esters is 1. The normalized spacial score (nSPS) is 13.5. The predicted molar refractivity (Wildman–Crippen MR) is 108 cm³/mol. The molecular formula is C21H24N2O6. The molecule has 0 aromatic heterocycles. The molecule has 0 bridgehead atoms. The summed E-state index contributed by atoms with van der Waals surface area (Å²) in [5.41, 5.74) is 1.89. The van der Waals surface area contributed by atoms with Crippen LogP contribution in [0, 0.1) is 0 Å². The quantitative estimate of drug-likeness (QED) is 0.714. The molecule has 2 aromatic rings. The molecule has 0 aliphatic carbocycles. The van der Waals surface area contributed by atoms with Crippen LogP contribution in [0.5, 0.6) is 11.5 Å². The van der Waals surface area contributed by atoms with E-state index in [0.717, 1.165) is 18.8 Å². The van der Waals surface area contributed by atoms with Crippen LogP contribution in [-0.4, -0.2) is 59.0 Å². The van der Waals surface area contributed by atoms with E-state index in [1.807, 2.05) is 24.3 Å². The first-order valence-corrected chi connectivity index (χ1v) is 9.22. The highest BCUT2D eigenvalue weighted by atomic mass is 16.5. The summed E-state index contributed by atoms with van der Waals surface area (Å²) in [6.45, 7) is 2.69. The monoisotopic (exact) mass is 400 g/mol. The first-order valence-electron chi connectivity index (χ1n) is 9.22. The molecule has 2 aromatic carbocycles. The van der Waals surface area contributed by atoms with Gasteiger partial charge in [-0.15, -0.1) is 0 Å². The molecule has 3 rings (SSSR count). The topological polar surface area (TPSA) is 86.3 Å². The number of ether oxygens (including phenoxy) is 4. The lowest BCUT2D eigenvalue weighted by molar-refractivity contribution is -0.119. The van der Waals surface area contributed by atoms with Crippen molar-refractivity contribution >= 4 is 23.3 Å². The van der Waals surface area contributed by atoms with Gasteiger partial charge in [-0.2, -0.15) is 0 Å². The summed E-state index contributed by atoms with van der Waals surface area (Å²) in [6, 6.07) is 12.3. The number of methoxy groups -OCH3 is 2. The number of nitrogens with zero attached hydrogens (tertiary/aromatic N) is 1. The fraction of sp³-hybridized carbons (Fsp3) is 0.333. The zero-order chi connectivity index (χ0) is 20.6. The molecule has 0 spiro atoms. The maximum absolute atomic E-state index is 12.3. The average Bonchev–Trinajstić information content (AvgIpc) is 2.78. The summed E-state index contributed by atoms with van der Waals surface area (Å²) in [4.78, 5) is 26.7. The van der Waals surface area contributed by atoms with E-state index < -0.39 is 18.5 Å². The minimum atomic E-state index is -0.668. The molecule has 1 heterocycles. The molecule has 1 N–H and O–H groups in total. The molecular weight excluding hydrogens is 376 g/mol. The van der Waals surface area contributed by atoms with Crippen molar-refractivity contribution in [3.63, 3.8) is 0 Å². The Bertz CT molecular complexity index is 847. The summed E-state index contributed by atoms with van der Waals surface area (Å²) in [7, 11) is 2.95. The van der Waals surface area contributed by atoms with E-state index in [2.05, 4.69) is 10.2 Å². The van der Waals surface area contributed by atoms with Gasteiger partial charge in [-0.3, -0.25) is 4.79 Å². The van der Waals surface area contributed by atoms with Crippen LogP contribution in [0.15, 0.2) is 42.5 Å². The van der Waals surface area contributed by atoms with Crippen molar-refractivity contribution in [2.24, 2.45) is 0 Å². The van der Waals surface area contributed by atoms with Crippen LogP contribution in [0.2, 0.25) is 0 Å². The smallest absolute Gasteiger partial charge is 0.342 e. The molecule has 1 saturated heterocycles. The minimum absolute atomic E-state index is 0.189. The molecule has 0 saturated carbocycles. The van der Waals surface area contributed by atoms with Crippen molar-refractivity contribution in [3.8, 4) is 11.5 Å². The summed E-state index contributed by atoms with van der Waals surface area (Å²) in [5.74, 6) is -0.268. The zero-order valence-corrected chi connectivity index (χ0v) is 16.5. The SMILES string of the molecule is COc1ccc(OC)c(C(=O)OCC(=O)Nc2ccc(N3CCOCC3)cc2)c1. The molecule has 154 valence electrons. The maximum atomic E-state index is 12.3. The van der Waals surface area contributed by atoms with Crippen molar-refractivity contribution in [3.05, 3.63) is 48.0 Å². The molecule has 8 heteroatoms. The lowest BCUT2D eigenvalue weighted by Gasteiger charge is -2.28. The van der Waals surface area contributed by atoms with Crippen molar-refractivity contribution in [2.45, 2.75) is 0 Å². The first-order chi connectivity index (χ1) is 14.1. The molecule has 0 unspecified atom stereocenters. The second-order valence-corrected chi connectivity index (χ2v) is 6.34. The van der Waals surface area contributed by atoms with E-state index in [1.165, 1.54) is 20.3 Å². The highest BCUT2D eigenvalue weighted by molar-refractivity contribution is 5.97. The van der Waals surface area contributed by atoms with Crippen LogP contribution in [0.1, 0.15) is 10.4 Å². The Balaban J connectivity index is 1.54. The van der Waals surface area contributed by atoms with Gasteiger partial charge in [-0.05, 0) is 42.5 Å². The van der Waals surface area contributed by atoms with Gasteiger partial charge >= 0.3 is 5.97 Å². The lowest BCUT2D eigenvalue weighted by Crippen LogP contribution is -2.36. The third-order valence-electron chi connectivity index (χ3n) is 4.49. The van der Waals surface area contributed by atoms with Crippen molar-refractivity contribution in [1.29, 1.82) is 0 Å². The molecule has 1 aliphatic heterocycles. The second-order valence-electron chi connectivity index (χ2n) is 6.34. The highest BCUT2D eigenvalue weighted by Gasteiger charge is 2.17. The van der Waals surface area contributed by atoms with Crippen LogP contribution in [0.25, 0.3) is 0 Å². The third kappa shape index (κ3) is 5.39. The average molecular weight is 400 g/mol. The van der Waals surface area contributed by atoms with Gasteiger partial charge in [-0.1, -0.05) is 0 Å². The van der Waals surface area contributed by atoms with Gasteiger partial charge in [0, 0.05) is 24.5 Å². The van der Waals surface area contributed by atoms with Gasteiger partial charge in [0.2, 0.25) is 0 Å². The predicted octanol–water partition coefficient (Wildman–Crippen LogP) is 2.34. The van der Waals surface area contributed by atoms with Crippen LogP contribution in [-0.2, 0) is 14.3 Å². The Hall–Kier alpha value is -3.26. The summed E-state index contributed by atoms with van der Waals surface area (Å²) in [5, 5.41) is 2.71. The number of anilines is 2. The Morgan fingerprint density at radius 1 is 1.03 bits per heavy atom. The van der Waals surface area contributed by atoms with E-state index in [-0.39, 0.29) is 5.56 Å². The number of hydrogen-bond acceptors (Lipinski definition) is 7. The number of rotatable bonds is 7. The van der Waals surface area contributed by atoms with Gasteiger partial charge in [0.25, 0.3) is 5.91 Å². The first kappa shape index (κ1) is 20.5. The van der Waals surface area contributed by atoms with Crippen molar-refractivity contribution in [2.75, 3.05) is 57.3 Å². The van der Waals surface area contributed by atoms with Gasteiger partial charge in [0.05, 0.1) is 27.4 Å². The van der Waals surface area contributed by atoms with Crippen molar-refractivity contribution in [1.82, 2.24) is 0 Å². The largest absolute Gasteiger partial charge is 0.497 e. The highest BCUT2D eigenvalue weighted by Crippen LogP contribution is 2.24. The molecule has 1 aliphatic rings. The zero-order valence-electron chi connectivity index (χ0n) is 16.5. The van der Waals surface area contributed by atoms with E-state index >= 15 is 0 Å². The van der Waals surface area contributed by atoms with Gasteiger partial charge < -0.3 is 29.2 Å². The van der Waals surface area contributed by atoms with Gasteiger partial charge in [-0.25, -0.2) is 4.79 Å². The van der Waals surface area contributed by atoms with Crippen LogP contribution < -0.4 is 19.7 Å². The second kappa shape index (κ2) is 9.79. The number of nitrogens with one attached hydrogen (secondary N) is 1. The van der Waals surface area contributed by atoms with E-state index in [1.54, 1.807) is 12.1 Å². The summed E-state index contributed by atoms with van der Waals surface area (Å²) in [6.07, 6.45) is 0. The number of carbonyl (C=O) groups is 2. The Morgan fingerprint density at radius 2 is 1.76 bits per heavy atom. The lowest BCUT2D eigenvalue weighted by atomic mass is 10.2. The molecule has 0 atom stereocenters. The van der Waals surface area contributed by atoms with Gasteiger partial charge in [0.1, 0.15) is 17.1 Å². The molecule has 29 heavy (non-hydrogen) atoms. The van der Waals surface area contributed by atoms with E-state index in [9.17, 15) is 9.59 Å². The Kier molecular flexibility index (Phi) is 6.91. The number of hydrogen-bond donors (Lipinski definition) is 1. The molecule has 1 amide bonds. The van der Waals surface area contributed by atoms with E-state index in [4.69, 9.17) is 18.9 Å². The Labute approximate surface area is 169 Å². The summed E-state index contributed by atoms with van der Waals surface area (Å²) < 4.78 is 20.7. The van der Waals surface area contributed by atoms with Crippen molar-refractivity contribution < 1.29 is 28.5 Å². The Morgan fingerprint density at radius 3 is 2.41 bits per heavy atom. The number of amides is 1. The standard InChI is InChI=1S/C21H24N2O6/c1-26-17-7-8-19(27-2)18(13-17)21(25)29-14-20(24)22-15-3-5-16(6-4-15)23-9-11-28-12-10-23/h3-8,13H,9-12,14H2,1-2H3,(H,22,24). The maximum Gasteiger partial charge on any atom is 0.342 e. The van der Waals surface area contributed by atoms with E-state index in [0.29, 0.717) is 30.4 Å². The molecule has 1 fully saturated rings. The summed E-state index contributed by atoms with van der Waals surface area (Å²) >= 11 is 0. The van der Waals surface area contributed by atoms with Gasteiger partial charge in [0.15, 0.2) is 6.61 Å².